The van der Waals surface area contributed by atoms with E-state index in [1.165, 1.54) is 35.6 Å². The summed E-state index contributed by atoms with van der Waals surface area (Å²) in [5, 5.41) is 9.21. The zero-order valence-corrected chi connectivity index (χ0v) is 19.2. The zero-order chi connectivity index (χ0) is 22.7. The quantitative estimate of drug-likeness (QED) is 0.425. The molecule has 164 valence electrons. The minimum Gasteiger partial charge on any atom is -0.322 e. The summed E-state index contributed by atoms with van der Waals surface area (Å²) in [7, 11) is -3.66. The molecule has 0 saturated heterocycles. The normalized spacial score (nSPS) is 11.4. The third-order valence-electron chi connectivity index (χ3n) is 4.80. The highest BCUT2D eigenvalue weighted by molar-refractivity contribution is 7.89. The zero-order valence-electron chi connectivity index (χ0n) is 17.6. The number of carbonyl (C=O) groups is 1. The van der Waals surface area contributed by atoms with Gasteiger partial charge in [0.25, 0.3) is 5.91 Å². The van der Waals surface area contributed by atoms with E-state index in [1.54, 1.807) is 6.07 Å². The third kappa shape index (κ3) is 4.96. The van der Waals surface area contributed by atoms with Gasteiger partial charge < -0.3 is 5.32 Å². The number of nitrogens with zero attached hydrogens (tertiary/aromatic N) is 2. The number of aromatic nitrogens is 2. The van der Waals surface area contributed by atoms with Gasteiger partial charge in [-0.05, 0) is 73.8 Å². The molecule has 0 aliphatic heterocycles. The number of nitrogens with one attached hydrogen (secondary N) is 2. The fourth-order valence-corrected chi connectivity index (χ4v) is 5.00. The maximum atomic E-state index is 12.7. The number of sulfonamides is 1. The van der Waals surface area contributed by atoms with Gasteiger partial charge in [-0.2, -0.15) is 5.10 Å². The van der Waals surface area contributed by atoms with Crippen LogP contribution >= 0.6 is 11.3 Å². The summed E-state index contributed by atoms with van der Waals surface area (Å²) >= 11 is 1.48. The van der Waals surface area contributed by atoms with Crippen LogP contribution in [0.4, 0.5) is 5.69 Å². The fourth-order valence-electron chi connectivity index (χ4n) is 3.26. The third-order valence-corrected chi connectivity index (χ3v) is 7.10. The molecule has 4 rings (SSSR count). The standard InChI is InChI=1S/C23H22N4O3S2/c1-16-13-17(2)27(26-16)20-6-3-5-19(14-20)25-23(28)18-8-10-22(11-9-18)32(29,30)24-15-21-7-4-12-31-21/h3-14,24H,15H2,1-2H3,(H,25,28). The van der Waals surface area contributed by atoms with Gasteiger partial charge in [0.15, 0.2) is 0 Å². The van der Waals surface area contributed by atoms with Crippen molar-refractivity contribution in [1.29, 1.82) is 0 Å². The van der Waals surface area contributed by atoms with Gasteiger partial charge >= 0.3 is 0 Å². The molecule has 0 atom stereocenters. The predicted octanol–water partition coefficient (Wildman–Crippen LogP) is 4.28. The Morgan fingerprint density at radius 2 is 1.81 bits per heavy atom. The van der Waals surface area contributed by atoms with Crippen LogP contribution in [0, 0.1) is 13.8 Å². The Kier molecular flexibility index (Phi) is 6.22. The lowest BCUT2D eigenvalue weighted by atomic mass is 10.2. The van der Waals surface area contributed by atoms with Crippen LogP contribution in [0.1, 0.15) is 26.6 Å². The van der Waals surface area contributed by atoms with Crippen LogP contribution in [-0.4, -0.2) is 24.1 Å². The lowest BCUT2D eigenvalue weighted by Crippen LogP contribution is -2.23. The molecule has 0 bridgehead atoms. The SMILES string of the molecule is Cc1cc(C)n(-c2cccc(NC(=O)c3ccc(S(=O)(=O)NCc4cccs4)cc3)c2)n1. The average molecular weight is 467 g/mol. The summed E-state index contributed by atoms with van der Waals surface area (Å²) in [6.07, 6.45) is 0. The number of anilines is 1. The molecule has 2 aromatic heterocycles. The van der Waals surface area contributed by atoms with Crippen molar-refractivity contribution in [3.05, 3.63) is 93.9 Å². The first-order chi connectivity index (χ1) is 15.3. The number of amides is 1. The van der Waals surface area contributed by atoms with Crippen molar-refractivity contribution in [2.75, 3.05) is 5.32 Å². The Bertz CT molecular complexity index is 1340. The van der Waals surface area contributed by atoms with E-state index >= 15 is 0 Å². The van der Waals surface area contributed by atoms with Crippen molar-refractivity contribution in [2.45, 2.75) is 25.3 Å². The number of hydrogen-bond acceptors (Lipinski definition) is 5. The molecule has 0 spiro atoms. The van der Waals surface area contributed by atoms with Crippen molar-refractivity contribution in [2.24, 2.45) is 0 Å². The van der Waals surface area contributed by atoms with Crippen molar-refractivity contribution < 1.29 is 13.2 Å². The van der Waals surface area contributed by atoms with Gasteiger partial charge in [-0.1, -0.05) is 12.1 Å². The maximum absolute atomic E-state index is 12.7. The van der Waals surface area contributed by atoms with Crippen LogP contribution in [-0.2, 0) is 16.6 Å². The highest BCUT2D eigenvalue weighted by Gasteiger charge is 2.15. The lowest BCUT2D eigenvalue weighted by Gasteiger charge is -2.10. The molecule has 1 amide bonds. The van der Waals surface area contributed by atoms with Crippen LogP contribution in [0.3, 0.4) is 0 Å². The Morgan fingerprint density at radius 3 is 2.47 bits per heavy atom. The van der Waals surface area contributed by atoms with Crippen LogP contribution in [0.25, 0.3) is 5.69 Å². The summed E-state index contributed by atoms with van der Waals surface area (Å²) in [6, 6.07) is 19.0. The predicted molar refractivity (Wildman–Crippen MR) is 126 cm³/mol. The van der Waals surface area contributed by atoms with Gasteiger partial charge in [0.2, 0.25) is 10.0 Å². The van der Waals surface area contributed by atoms with Gasteiger partial charge in [0.1, 0.15) is 0 Å². The minimum absolute atomic E-state index is 0.108. The number of rotatable bonds is 7. The molecule has 0 unspecified atom stereocenters. The Hall–Kier alpha value is -3.27. The summed E-state index contributed by atoms with van der Waals surface area (Å²) in [6.45, 7) is 4.13. The summed E-state index contributed by atoms with van der Waals surface area (Å²) in [5.41, 5.74) is 3.73. The monoisotopic (exact) mass is 466 g/mol. The molecule has 0 radical (unpaired) electrons. The van der Waals surface area contributed by atoms with E-state index < -0.39 is 10.0 Å². The van der Waals surface area contributed by atoms with Crippen molar-refractivity contribution in [1.82, 2.24) is 14.5 Å². The molecule has 0 fully saturated rings. The van der Waals surface area contributed by atoms with Crippen molar-refractivity contribution in [3.63, 3.8) is 0 Å². The number of hydrogen-bond donors (Lipinski definition) is 2. The first kappa shape index (κ1) is 21.9. The van der Waals surface area contributed by atoms with Crippen molar-refractivity contribution >= 4 is 33.0 Å². The average Bonchev–Trinajstić information content (AvgIpc) is 3.42. The van der Waals surface area contributed by atoms with Crippen LogP contribution in [0.2, 0.25) is 0 Å². The maximum Gasteiger partial charge on any atom is 0.255 e. The Balaban J connectivity index is 1.45. The van der Waals surface area contributed by atoms with E-state index in [9.17, 15) is 13.2 Å². The van der Waals surface area contributed by atoms with Gasteiger partial charge in [-0.3, -0.25) is 4.79 Å². The van der Waals surface area contributed by atoms with Gasteiger partial charge in [0, 0.05) is 28.4 Å². The van der Waals surface area contributed by atoms with Gasteiger partial charge in [-0.25, -0.2) is 17.8 Å². The molecule has 7 nitrogen and oxygen atoms in total. The highest BCUT2D eigenvalue weighted by atomic mass is 32.2. The van der Waals surface area contributed by atoms with E-state index in [0.29, 0.717) is 11.3 Å². The molecule has 0 aliphatic carbocycles. The molecule has 0 aliphatic rings. The van der Waals surface area contributed by atoms with Gasteiger partial charge in [-0.15, -0.1) is 11.3 Å². The van der Waals surface area contributed by atoms with Crippen molar-refractivity contribution in [3.8, 4) is 5.69 Å². The summed E-state index contributed by atoms with van der Waals surface area (Å²) in [4.78, 5) is 13.7. The van der Waals surface area contributed by atoms with E-state index in [-0.39, 0.29) is 17.3 Å². The number of benzene rings is 2. The molecule has 2 aromatic carbocycles. The summed E-state index contributed by atoms with van der Waals surface area (Å²) in [5.74, 6) is -0.328. The largest absolute Gasteiger partial charge is 0.322 e. The van der Waals surface area contributed by atoms with E-state index in [2.05, 4.69) is 15.1 Å². The fraction of sp³-hybridized carbons (Fsp3) is 0.130. The van der Waals surface area contributed by atoms with E-state index in [4.69, 9.17) is 0 Å². The molecular weight excluding hydrogens is 444 g/mol. The molecular formula is C23H22N4O3S2. The topological polar surface area (TPSA) is 93.1 Å². The van der Waals surface area contributed by atoms with Crippen LogP contribution in [0.15, 0.2) is 77.0 Å². The van der Waals surface area contributed by atoms with Crippen LogP contribution in [0.5, 0.6) is 0 Å². The lowest BCUT2D eigenvalue weighted by molar-refractivity contribution is 0.102. The molecule has 32 heavy (non-hydrogen) atoms. The Labute approximate surface area is 190 Å². The second kappa shape index (κ2) is 9.07. The van der Waals surface area contributed by atoms with Gasteiger partial charge in [0.05, 0.1) is 16.3 Å². The molecule has 4 aromatic rings. The smallest absolute Gasteiger partial charge is 0.255 e. The summed E-state index contributed by atoms with van der Waals surface area (Å²) < 4.78 is 29.4. The van der Waals surface area contributed by atoms with E-state index in [1.807, 2.05) is 60.3 Å². The minimum atomic E-state index is -3.66. The first-order valence-electron chi connectivity index (χ1n) is 9.89. The Morgan fingerprint density at radius 1 is 1.03 bits per heavy atom. The molecule has 9 heteroatoms. The number of carbonyl (C=O) groups excluding carboxylic acids is 1. The second-order valence-corrected chi connectivity index (χ2v) is 10.1. The highest BCUT2D eigenvalue weighted by Crippen LogP contribution is 2.18. The molecule has 2 N–H and O–H groups in total. The van der Waals surface area contributed by atoms with E-state index in [0.717, 1.165) is 22.0 Å². The number of thiophene rings is 1. The van der Waals surface area contributed by atoms with Crippen LogP contribution < -0.4 is 10.0 Å². The molecule has 2 heterocycles. The molecule has 0 saturated carbocycles. The number of aryl methyl sites for hydroxylation is 2. The second-order valence-electron chi connectivity index (χ2n) is 7.27. The first-order valence-corrected chi connectivity index (χ1v) is 12.3.